The number of piperidine rings is 1. The predicted octanol–water partition coefficient (Wildman–Crippen LogP) is 0.752. The third-order valence-electron chi connectivity index (χ3n) is 5.14. The van der Waals surface area contributed by atoms with E-state index in [-0.39, 0.29) is 17.6 Å². The quantitative estimate of drug-likeness (QED) is 0.831. The van der Waals surface area contributed by atoms with Gasteiger partial charge in [-0.25, -0.2) is 19.9 Å². The van der Waals surface area contributed by atoms with Gasteiger partial charge in [-0.2, -0.15) is 0 Å². The first-order chi connectivity index (χ1) is 10.7. The Hall–Kier alpha value is -1.86. The van der Waals surface area contributed by atoms with Crippen molar-refractivity contribution < 1.29 is 4.74 Å². The number of hydrogen-bond acceptors (Lipinski definition) is 7. The number of ether oxygens (including phenoxy) is 1. The maximum atomic E-state index is 6.36. The van der Waals surface area contributed by atoms with Crippen LogP contribution in [0.4, 0.5) is 5.82 Å². The van der Waals surface area contributed by atoms with Crippen molar-refractivity contribution in [1.82, 2.24) is 19.9 Å². The number of aromatic nitrogens is 4. The van der Waals surface area contributed by atoms with E-state index in [9.17, 15) is 0 Å². The van der Waals surface area contributed by atoms with Gasteiger partial charge in [-0.05, 0) is 19.8 Å². The van der Waals surface area contributed by atoms with Crippen LogP contribution in [0.15, 0.2) is 18.7 Å². The summed E-state index contributed by atoms with van der Waals surface area (Å²) in [4.78, 5) is 19.4. The fourth-order valence-corrected chi connectivity index (χ4v) is 3.57. The molecule has 4 heterocycles. The highest BCUT2D eigenvalue weighted by molar-refractivity contribution is 5.69. The lowest BCUT2D eigenvalue weighted by Gasteiger charge is -2.41. The van der Waals surface area contributed by atoms with Crippen LogP contribution >= 0.6 is 0 Å². The summed E-state index contributed by atoms with van der Waals surface area (Å²) in [6, 6.07) is 0.130. The van der Waals surface area contributed by atoms with Gasteiger partial charge in [0.2, 0.25) is 0 Å². The van der Waals surface area contributed by atoms with Crippen LogP contribution in [0, 0.1) is 5.41 Å². The molecule has 7 heteroatoms. The first-order valence-corrected chi connectivity index (χ1v) is 7.73. The molecule has 2 atom stereocenters. The zero-order valence-electron chi connectivity index (χ0n) is 12.6. The topological polar surface area (TPSA) is 90.0 Å². The highest BCUT2D eigenvalue weighted by Gasteiger charge is 2.47. The molecule has 2 aromatic rings. The predicted molar refractivity (Wildman–Crippen MR) is 82.4 cm³/mol. The Kier molecular flexibility index (Phi) is 3.19. The molecular weight excluding hydrogens is 280 g/mol. The van der Waals surface area contributed by atoms with Gasteiger partial charge in [-0.15, -0.1) is 0 Å². The first kappa shape index (κ1) is 13.8. The van der Waals surface area contributed by atoms with E-state index >= 15 is 0 Å². The second-order valence-corrected chi connectivity index (χ2v) is 6.35. The van der Waals surface area contributed by atoms with Crippen LogP contribution in [0.2, 0.25) is 0 Å². The number of hydrogen-bond donors (Lipinski definition) is 1. The summed E-state index contributed by atoms with van der Waals surface area (Å²) < 4.78 is 5.77. The molecule has 2 aliphatic heterocycles. The fourth-order valence-electron chi connectivity index (χ4n) is 3.57. The Labute approximate surface area is 128 Å². The van der Waals surface area contributed by atoms with E-state index in [0.29, 0.717) is 5.65 Å². The molecule has 4 rings (SSSR count). The molecule has 0 radical (unpaired) electrons. The third-order valence-corrected chi connectivity index (χ3v) is 5.14. The largest absolute Gasteiger partial charge is 0.376 e. The van der Waals surface area contributed by atoms with Crippen molar-refractivity contribution in [2.75, 3.05) is 24.6 Å². The van der Waals surface area contributed by atoms with Gasteiger partial charge in [0, 0.05) is 24.5 Å². The average molecular weight is 300 g/mol. The average Bonchev–Trinajstić information content (AvgIpc) is 2.84. The minimum Gasteiger partial charge on any atom is -0.376 e. The van der Waals surface area contributed by atoms with Crippen molar-refractivity contribution in [3.05, 3.63) is 18.7 Å². The molecular formula is C15H20N6O. The molecule has 7 nitrogen and oxygen atoms in total. The fraction of sp³-hybridized carbons (Fsp3) is 0.600. The molecule has 2 saturated heterocycles. The molecule has 2 N–H and O–H groups in total. The minimum atomic E-state index is 0.128. The smallest absolute Gasteiger partial charge is 0.181 e. The molecule has 0 unspecified atom stereocenters. The summed E-state index contributed by atoms with van der Waals surface area (Å²) in [5.74, 6) is 0.887. The van der Waals surface area contributed by atoms with Crippen LogP contribution in [0.25, 0.3) is 11.2 Å². The molecule has 2 aliphatic rings. The Bertz CT molecular complexity index is 685. The van der Waals surface area contributed by atoms with E-state index in [2.05, 4.69) is 31.8 Å². The molecule has 0 bridgehead atoms. The summed E-state index contributed by atoms with van der Waals surface area (Å²) in [6.07, 6.45) is 7.20. The highest BCUT2D eigenvalue weighted by atomic mass is 16.5. The van der Waals surface area contributed by atoms with Crippen LogP contribution < -0.4 is 10.6 Å². The van der Waals surface area contributed by atoms with Crippen molar-refractivity contribution in [2.24, 2.45) is 11.1 Å². The monoisotopic (exact) mass is 300 g/mol. The van der Waals surface area contributed by atoms with Gasteiger partial charge in [0.05, 0.1) is 25.1 Å². The normalized spacial score (nSPS) is 27.6. The van der Waals surface area contributed by atoms with E-state index in [1.807, 2.05) is 0 Å². The molecule has 22 heavy (non-hydrogen) atoms. The second kappa shape index (κ2) is 5.10. The van der Waals surface area contributed by atoms with Crippen molar-refractivity contribution >= 4 is 17.0 Å². The van der Waals surface area contributed by atoms with Gasteiger partial charge in [0.15, 0.2) is 5.65 Å². The molecule has 2 fully saturated rings. The van der Waals surface area contributed by atoms with Crippen LogP contribution in [-0.4, -0.2) is 51.8 Å². The molecule has 0 saturated carbocycles. The van der Waals surface area contributed by atoms with Gasteiger partial charge in [-0.3, -0.25) is 0 Å². The summed E-state index contributed by atoms with van der Waals surface area (Å²) in [7, 11) is 0. The van der Waals surface area contributed by atoms with Crippen LogP contribution in [0.1, 0.15) is 19.8 Å². The number of anilines is 1. The molecule has 116 valence electrons. The standard InChI is InChI=1S/C15H20N6O/c1-10-13(16)15(8-22-10)2-4-21(5-3-15)12-7-18-14-11(20-12)6-17-9-19-14/h6-7,9-10,13H,2-5,8,16H2,1H3/t10-,13+/m0/s1. The van der Waals surface area contributed by atoms with Gasteiger partial charge in [-0.1, -0.05) is 0 Å². The number of nitrogens with two attached hydrogens (primary N) is 1. The zero-order chi connectivity index (χ0) is 15.2. The van der Waals surface area contributed by atoms with E-state index in [1.54, 1.807) is 12.4 Å². The summed E-state index contributed by atoms with van der Waals surface area (Å²) in [5.41, 5.74) is 7.85. The van der Waals surface area contributed by atoms with Gasteiger partial charge < -0.3 is 15.4 Å². The van der Waals surface area contributed by atoms with Gasteiger partial charge in [0.1, 0.15) is 17.7 Å². The molecule has 0 aromatic carbocycles. The van der Waals surface area contributed by atoms with Crippen LogP contribution in [0.5, 0.6) is 0 Å². The SMILES string of the molecule is C[C@@H]1OCC2(CCN(c3cnc4ncncc4n3)CC2)[C@@H]1N. The third kappa shape index (κ3) is 2.12. The molecule has 0 amide bonds. The Morgan fingerprint density at radius 1 is 1.27 bits per heavy atom. The molecule has 2 aromatic heterocycles. The van der Waals surface area contributed by atoms with Crippen LogP contribution in [0.3, 0.4) is 0 Å². The second-order valence-electron chi connectivity index (χ2n) is 6.35. The van der Waals surface area contributed by atoms with Crippen molar-refractivity contribution in [2.45, 2.75) is 31.9 Å². The molecule has 0 aliphatic carbocycles. The van der Waals surface area contributed by atoms with Crippen molar-refractivity contribution in [3.63, 3.8) is 0 Å². The summed E-state index contributed by atoms with van der Waals surface area (Å²) in [6.45, 7) is 4.70. The highest BCUT2D eigenvalue weighted by Crippen LogP contribution is 2.41. The Morgan fingerprint density at radius 3 is 2.82 bits per heavy atom. The van der Waals surface area contributed by atoms with Gasteiger partial charge >= 0.3 is 0 Å². The zero-order valence-corrected chi connectivity index (χ0v) is 12.6. The van der Waals surface area contributed by atoms with Crippen molar-refractivity contribution in [3.8, 4) is 0 Å². The summed E-state index contributed by atoms with van der Waals surface area (Å²) in [5, 5.41) is 0. The lowest BCUT2D eigenvalue weighted by Crippen LogP contribution is -2.50. The number of rotatable bonds is 1. The van der Waals surface area contributed by atoms with E-state index in [1.165, 1.54) is 6.33 Å². The van der Waals surface area contributed by atoms with E-state index in [0.717, 1.165) is 43.9 Å². The van der Waals surface area contributed by atoms with E-state index in [4.69, 9.17) is 10.5 Å². The maximum absolute atomic E-state index is 6.36. The lowest BCUT2D eigenvalue weighted by molar-refractivity contribution is 0.0974. The maximum Gasteiger partial charge on any atom is 0.181 e. The Morgan fingerprint density at radius 2 is 2.09 bits per heavy atom. The van der Waals surface area contributed by atoms with Crippen molar-refractivity contribution in [1.29, 1.82) is 0 Å². The summed E-state index contributed by atoms with van der Waals surface area (Å²) >= 11 is 0. The number of nitrogens with zero attached hydrogens (tertiary/aromatic N) is 5. The Balaban J connectivity index is 1.53. The minimum absolute atomic E-state index is 0.128. The first-order valence-electron chi connectivity index (χ1n) is 7.73. The molecule has 1 spiro atoms. The van der Waals surface area contributed by atoms with E-state index < -0.39 is 0 Å². The number of fused-ring (bicyclic) bond motifs is 1. The van der Waals surface area contributed by atoms with Crippen LogP contribution in [-0.2, 0) is 4.74 Å². The van der Waals surface area contributed by atoms with Gasteiger partial charge in [0.25, 0.3) is 0 Å². The lowest BCUT2D eigenvalue weighted by atomic mass is 9.73.